The highest BCUT2D eigenvalue weighted by Crippen LogP contribution is 2.28. The standard InChI is InChI=1S/C15H22O2/c1-11(2)14(16)10-12(3)15(17-4)13-8-6-5-7-9-13/h5-9,11,14-16H,3,10H2,1-2,4H3/t14-,15-/m0/s1. The molecule has 17 heavy (non-hydrogen) atoms. The first kappa shape index (κ1) is 13.9. The van der Waals surface area contributed by atoms with E-state index in [9.17, 15) is 5.11 Å². The van der Waals surface area contributed by atoms with Gasteiger partial charge in [0.05, 0.1) is 6.10 Å². The summed E-state index contributed by atoms with van der Waals surface area (Å²) >= 11 is 0. The zero-order valence-corrected chi connectivity index (χ0v) is 10.9. The largest absolute Gasteiger partial charge is 0.393 e. The van der Waals surface area contributed by atoms with Crippen LogP contribution in [0.2, 0.25) is 0 Å². The third kappa shape index (κ3) is 3.99. The van der Waals surface area contributed by atoms with Gasteiger partial charge in [0.25, 0.3) is 0 Å². The molecule has 0 radical (unpaired) electrons. The van der Waals surface area contributed by atoms with Gasteiger partial charge >= 0.3 is 0 Å². The molecule has 0 amide bonds. The molecule has 94 valence electrons. The molecule has 0 aromatic heterocycles. The second-order valence-corrected chi connectivity index (χ2v) is 4.70. The van der Waals surface area contributed by atoms with Crippen LogP contribution in [0.4, 0.5) is 0 Å². The molecule has 1 aromatic rings. The molecule has 0 aliphatic carbocycles. The monoisotopic (exact) mass is 234 g/mol. The molecule has 0 saturated heterocycles. The van der Waals surface area contributed by atoms with Crippen LogP contribution in [0.1, 0.15) is 31.9 Å². The normalized spacial score (nSPS) is 14.6. The number of rotatable bonds is 6. The summed E-state index contributed by atoms with van der Waals surface area (Å²) in [6.45, 7) is 8.04. The first-order valence-electron chi connectivity index (χ1n) is 5.99. The lowest BCUT2D eigenvalue weighted by Crippen LogP contribution is -2.18. The highest BCUT2D eigenvalue weighted by atomic mass is 16.5. The predicted molar refractivity (Wildman–Crippen MR) is 70.8 cm³/mol. The SMILES string of the molecule is C=C(C[C@H](O)C(C)C)[C@H](OC)c1ccccc1. The van der Waals surface area contributed by atoms with E-state index in [1.54, 1.807) is 7.11 Å². The average Bonchev–Trinajstić information content (AvgIpc) is 2.31. The summed E-state index contributed by atoms with van der Waals surface area (Å²) in [5.74, 6) is 0.236. The molecule has 0 unspecified atom stereocenters. The number of benzene rings is 1. The van der Waals surface area contributed by atoms with Crippen LogP contribution in [0.5, 0.6) is 0 Å². The third-order valence-electron chi connectivity index (χ3n) is 2.95. The Morgan fingerprint density at radius 3 is 2.35 bits per heavy atom. The van der Waals surface area contributed by atoms with Crippen molar-refractivity contribution in [2.75, 3.05) is 7.11 Å². The number of hydrogen-bond acceptors (Lipinski definition) is 2. The molecule has 1 N–H and O–H groups in total. The Bertz CT molecular complexity index is 343. The lowest BCUT2D eigenvalue weighted by atomic mass is 9.94. The maximum atomic E-state index is 9.87. The Morgan fingerprint density at radius 1 is 1.29 bits per heavy atom. The van der Waals surface area contributed by atoms with Gasteiger partial charge in [-0.15, -0.1) is 0 Å². The van der Waals surface area contributed by atoms with Crippen molar-refractivity contribution in [2.24, 2.45) is 5.92 Å². The molecule has 2 heteroatoms. The van der Waals surface area contributed by atoms with Crippen molar-refractivity contribution in [3.8, 4) is 0 Å². The predicted octanol–water partition coefficient (Wildman–Crippen LogP) is 3.34. The molecule has 0 heterocycles. The number of hydrogen-bond donors (Lipinski definition) is 1. The maximum Gasteiger partial charge on any atom is 0.103 e. The number of aliphatic hydroxyl groups excluding tert-OH is 1. The van der Waals surface area contributed by atoms with E-state index >= 15 is 0 Å². The Labute approximate surface area is 104 Å². The average molecular weight is 234 g/mol. The second kappa shape index (κ2) is 6.58. The zero-order valence-electron chi connectivity index (χ0n) is 10.9. The molecule has 2 nitrogen and oxygen atoms in total. The van der Waals surface area contributed by atoms with Crippen LogP contribution in [0.15, 0.2) is 42.5 Å². The number of methoxy groups -OCH3 is 1. The molecule has 1 aromatic carbocycles. The minimum absolute atomic E-state index is 0.135. The van der Waals surface area contributed by atoms with Crippen molar-refractivity contribution in [1.29, 1.82) is 0 Å². The molecule has 2 atom stereocenters. The van der Waals surface area contributed by atoms with Gasteiger partial charge in [0.2, 0.25) is 0 Å². The van der Waals surface area contributed by atoms with Crippen LogP contribution < -0.4 is 0 Å². The van der Waals surface area contributed by atoms with Crippen LogP contribution >= 0.6 is 0 Å². The number of aliphatic hydroxyl groups is 1. The Hall–Kier alpha value is -1.12. The van der Waals surface area contributed by atoms with E-state index in [1.165, 1.54) is 0 Å². The van der Waals surface area contributed by atoms with Gasteiger partial charge in [-0.1, -0.05) is 50.8 Å². The van der Waals surface area contributed by atoms with Crippen LogP contribution in [-0.4, -0.2) is 18.3 Å². The quantitative estimate of drug-likeness (QED) is 0.765. The maximum absolute atomic E-state index is 9.87. The Morgan fingerprint density at radius 2 is 1.88 bits per heavy atom. The molecule has 0 bridgehead atoms. The Kier molecular flexibility index (Phi) is 5.39. The smallest absolute Gasteiger partial charge is 0.103 e. The fraction of sp³-hybridized carbons (Fsp3) is 0.467. The molecular formula is C15H22O2. The van der Waals surface area contributed by atoms with E-state index < -0.39 is 0 Å². The van der Waals surface area contributed by atoms with Crippen LogP contribution in [-0.2, 0) is 4.74 Å². The highest BCUT2D eigenvalue weighted by molar-refractivity contribution is 5.25. The summed E-state index contributed by atoms with van der Waals surface area (Å²) in [6.07, 6.45) is 0.0823. The second-order valence-electron chi connectivity index (χ2n) is 4.70. The lowest BCUT2D eigenvalue weighted by molar-refractivity contribution is 0.0959. The number of ether oxygens (including phenoxy) is 1. The van der Waals surface area contributed by atoms with Gasteiger partial charge in [-0.25, -0.2) is 0 Å². The fourth-order valence-electron chi connectivity index (χ4n) is 1.78. The summed E-state index contributed by atoms with van der Waals surface area (Å²) < 4.78 is 5.47. The van der Waals surface area contributed by atoms with Crippen LogP contribution in [0.3, 0.4) is 0 Å². The molecule has 0 spiro atoms. The summed E-state index contributed by atoms with van der Waals surface area (Å²) in [7, 11) is 1.67. The topological polar surface area (TPSA) is 29.5 Å². The van der Waals surface area contributed by atoms with E-state index in [0.717, 1.165) is 11.1 Å². The van der Waals surface area contributed by atoms with Crippen molar-refractivity contribution < 1.29 is 9.84 Å². The summed E-state index contributed by atoms with van der Waals surface area (Å²) in [4.78, 5) is 0. The van der Waals surface area contributed by atoms with Crippen LogP contribution in [0.25, 0.3) is 0 Å². The van der Waals surface area contributed by atoms with E-state index in [2.05, 4.69) is 6.58 Å². The van der Waals surface area contributed by atoms with E-state index in [-0.39, 0.29) is 18.1 Å². The molecule has 0 fully saturated rings. The van der Waals surface area contributed by atoms with E-state index in [0.29, 0.717) is 6.42 Å². The van der Waals surface area contributed by atoms with Gasteiger partial charge in [-0.3, -0.25) is 0 Å². The molecule has 0 aliphatic rings. The summed E-state index contributed by atoms with van der Waals surface area (Å²) in [5.41, 5.74) is 2.00. The first-order valence-corrected chi connectivity index (χ1v) is 5.99. The van der Waals surface area contributed by atoms with Crippen molar-refractivity contribution in [3.63, 3.8) is 0 Å². The van der Waals surface area contributed by atoms with Gasteiger partial charge in [0.15, 0.2) is 0 Å². The Balaban J connectivity index is 2.72. The van der Waals surface area contributed by atoms with Gasteiger partial charge in [0, 0.05) is 7.11 Å². The van der Waals surface area contributed by atoms with Crippen LogP contribution in [0, 0.1) is 5.92 Å². The van der Waals surface area contributed by atoms with Crippen molar-refractivity contribution in [1.82, 2.24) is 0 Å². The molecule has 0 saturated carbocycles. The lowest BCUT2D eigenvalue weighted by Gasteiger charge is -2.22. The molecule has 1 rings (SSSR count). The van der Waals surface area contributed by atoms with Gasteiger partial charge in [-0.05, 0) is 23.5 Å². The third-order valence-corrected chi connectivity index (χ3v) is 2.95. The summed E-state index contributed by atoms with van der Waals surface area (Å²) in [5, 5.41) is 9.87. The van der Waals surface area contributed by atoms with Gasteiger partial charge in [-0.2, -0.15) is 0 Å². The zero-order chi connectivity index (χ0) is 12.8. The van der Waals surface area contributed by atoms with Gasteiger partial charge < -0.3 is 9.84 Å². The minimum Gasteiger partial charge on any atom is -0.393 e. The van der Waals surface area contributed by atoms with Crippen molar-refractivity contribution >= 4 is 0 Å². The minimum atomic E-state index is -0.358. The molecule has 0 aliphatic heterocycles. The fourth-order valence-corrected chi connectivity index (χ4v) is 1.78. The summed E-state index contributed by atoms with van der Waals surface area (Å²) in [6, 6.07) is 9.96. The van der Waals surface area contributed by atoms with Crippen molar-refractivity contribution in [3.05, 3.63) is 48.0 Å². The van der Waals surface area contributed by atoms with E-state index in [1.807, 2.05) is 44.2 Å². The first-order chi connectivity index (χ1) is 8.06. The van der Waals surface area contributed by atoms with Crippen molar-refractivity contribution in [2.45, 2.75) is 32.5 Å². The highest BCUT2D eigenvalue weighted by Gasteiger charge is 2.18. The van der Waals surface area contributed by atoms with Gasteiger partial charge in [0.1, 0.15) is 6.10 Å². The molecular weight excluding hydrogens is 212 g/mol. The van der Waals surface area contributed by atoms with E-state index in [4.69, 9.17) is 4.74 Å².